The van der Waals surface area contributed by atoms with Crippen molar-refractivity contribution in [1.29, 1.82) is 0 Å². The van der Waals surface area contributed by atoms with Crippen LogP contribution in [0.5, 0.6) is 0 Å². The number of aryl methyl sites for hydroxylation is 1. The lowest BCUT2D eigenvalue weighted by atomic mass is 10.0. The van der Waals surface area contributed by atoms with Crippen LogP contribution in [0, 0.1) is 12.8 Å². The van der Waals surface area contributed by atoms with E-state index in [1.807, 2.05) is 19.1 Å². The molecule has 138 valence electrons. The molecule has 26 heavy (non-hydrogen) atoms. The van der Waals surface area contributed by atoms with Crippen molar-refractivity contribution in [3.8, 4) is 0 Å². The highest BCUT2D eigenvalue weighted by Crippen LogP contribution is 2.54. The molecule has 5 unspecified atom stereocenters. The van der Waals surface area contributed by atoms with Crippen LogP contribution in [-0.4, -0.2) is 56.7 Å². The van der Waals surface area contributed by atoms with Crippen molar-refractivity contribution < 1.29 is 24.9 Å². The number of ketones is 1. The lowest BCUT2D eigenvalue weighted by molar-refractivity contribution is -0.177. The third-order valence-corrected chi connectivity index (χ3v) is 5.92. The second kappa shape index (κ2) is 6.40. The highest BCUT2D eigenvalue weighted by molar-refractivity contribution is 7.17. The van der Waals surface area contributed by atoms with Gasteiger partial charge in [0.1, 0.15) is 17.9 Å². The lowest BCUT2D eigenvalue weighted by Crippen LogP contribution is -2.53. The number of aliphatic hydroxyl groups is 3. The minimum atomic E-state index is -1.11. The molecule has 7 nitrogen and oxygen atoms in total. The van der Waals surface area contributed by atoms with Crippen molar-refractivity contribution in [3.05, 3.63) is 46.5 Å². The maximum Gasteiger partial charge on any atom is 0.204 e. The highest BCUT2D eigenvalue weighted by Gasteiger charge is 2.66. The first kappa shape index (κ1) is 17.6. The standard InChI is InChI=1S/C18H20N2O5S/c1-9-2-4-10(5-3-9)14(22)13-7-19-17(26-13)20-18-6-11(18)15(23)16(24)12(8-21)25-18/h2-5,7,11-12,15-16,21,23-24H,6,8H2,1H3,(H,19,20). The summed E-state index contributed by atoms with van der Waals surface area (Å²) in [5.41, 5.74) is 0.829. The molecule has 0 spiro atoms. The number of benzene rings is 1. The number of hydrogen-bond donors (Lipinski definition) is 4. The Kier molecular flexibility index (Phi) is 4.32. The molecule has 1 aliphatic carbocycles. The third-order valence-electron chi connectivity index (χ3n) is 5.01. The summed E-state index contributed by atoms with van der Waals surface area (Å²) in [6.07, 6.45) is -0.923. The molecular weight excluding hydrogens is 356 g/mol. The predicted octanol–water partition coefficient (Wildman–Crippen LogP) is 0.924. The molecule has 1 aromatic heterocycles. The summed E-state index contributed by atoms with van der Waals surface area (Å²) in [6, 6.07) is 7.35. The number of nitrogens with zero attached hydrogens (tertiary/aromatic N) is 1. The number of aromatic nitrogens is 1. The summed E-state index contributed by atoms with van der Waals surface area (Å²) < 4.78 is 5.76. The fraction of sp³-hybridized carbons (Fsp3) is 0.444. The van der Waals surface area contributed by atoms with Gasteiger partial charge in [0.15, 0.2) is 5.13 Å². The number of fused-ring (bicyclic) bond motifs is 1. The van der Waals surface area contributed by atoms with E-state index in [-0.39, 0.29) is 18.3 Å². The van der Waals surface area contributed by atoms with Crippen LogP contribution in [0.2, 0.25) is 0 Å². The first-order valence-corrected chi connectivity index (χ1v) is 9.25. The lowest BCUT2D eigenvalue weighted by Gasteiger charge is -2.36. The fourth-order valence-corrected chi connectivity index (χ4v) is 4.23. The van der Waals surface area contributed by atoms with E-state index in [4.69, 9.17) is 4.74 Å². The molecule has 0 amide bonds. The molecule has 0 radical (unpaired) electrons. The van der Waals surface area contributed by atoms with Gasteiger partial charge in [0, 0.05) is 17.9 Å². The van der Waals surface area contributed by atoms with E-state index in [0.717, 1.165) is 5.56 Å². The van der Waals surface area contributed by atoms with Gasteiger partial charge in [-0.05, 0) is 6.92 Å². The van der Waals surface area contributed by atoms with Crippen LogP contribution < -0.4 is 5.32 Å². The maximum atomic E-state index is 12.6. The number of carbonyl (C=O) groups excluding carboxylic acids is 1. The summed E-state index contributed by atoms with van der Waals surface area (Å²) in [6.45, 7) is 1.58. The molecule has 2 fully saturated rings. The van der Waals surface area contributed by atoms with E-state index in [1.165, 1.54) is 17.5 Å². The van der Waals surface area contributed by atoms with Crippen molar-refractivity contribution >= 4 is 22.3 Å². The predicted molar refractivity (Wildman–Crippen MR) is 95.2 cm³/mol. The second-order valence-electron chi connectivity index (χ2n) is 6.87. The van der Waals surface area contributed by atoms with Gasteiger partial charge >= 0.3 is 0 Å². The molecule has 4 N–H and O–H groups in total. The van der Waals surface area contributed by atoms with E-state index < -0.39 is 24.0 Å². The van der Waals surface area contributed by atoms with Crippen molar-refractivity contribution in [2.24, 2.45) is 5.92 Å². The van der Waals surface area contributed by atoms with Crippen molar-refractivity contribution in [2.45, 2.75) is 37.4 Å². The highest BCUT2D eigenvalue weighted by atomic mass is 32.1. The number of hydrogen-bond acceptors (Lipinski definition) is 8. The first-order valence-electron chi connectivity index (χ1n) is 8.44. The maximum absolute atomic E-state index is 12.6. The Morgan fingerprint density at radius 2 is 2.08 bits per heavy atom. The Labute approximate surface area is 154 Å². The van der Waals surface area contributed by atoms with E-state index in [9.17, 15) is 20.1 Å². The molecule has 1 saturated carbocycles. The number of aliphatic hydroxyl groups excluding tert-OH is 3. The molecule has 2 aromatic rings. The monoisotopic (exact) mass is 376 g/mol. The minimum absolute atomic E-state index is 0.103. The summed E-state index contributed by atoms with van der Waals surface area (Å²) >= 11 is 1.21. The molecule has 2 aliphatic rings. The van der Waals surface area contributed by atoms with E-state index in [1.54, 1.807) is 12.1 Å². The van der Waals surface area contributed by atoms with Crippen molar-refractivity contribution in [3.63, 3.8) is 0 Å². The topological polar surface area (TPSA) is 112 Å². The van der Waals surface area contributed by atoms with Crippen LogP contribution >= 0.6 is 11.3 Å². The van der Waals surface area contributed by atoms with Gasteiger partial charge in [-0.25, -0.2) is 4.98 Å². The van der Waals surface area contributed by atoms with E-state index in [0.29, 0.717) is 22.0 Å². The smallest absolute Gasteiger partial charge is 0.204 e. The average Bonchev–Trinajstić information content (AvgIpc) is 3.16. The number of rotatable bonds is 5. The van der Waals surface area contributed by atoms with Crippen LogP contribution in [0.25, 0.3) is 0 Å². The van der Waals surface area contributed by atoms with E-state index in [2.05, 4.69) is 10.3 Å². The second-order valence-corrected chi connectivity index (χ2v) is 7.90. The van der Waals surface area contributed by atoms with Gasteiger partial charge in [-0.3, -0.25) is 4.79 Å². The van der Waals surface area contributed by atoms with Crippen LogP contribution in [-0.2, 0) is 4.74 Å². The van der Waals surface area contributed by atoms with Crippen LogP contribution in [0.3, 0.4) is 0 Å². The van der Waals surface area contributed by atoms with Gasteiger partial charge in [0.05, 0.1) is 23.8 Å². The molecule has 1 saturated heterocycles. The zero-order valence-corrected chi connectivity index (χ0v) is 14.9. The molecule has 1 aliphatic heterocycles. The number of nitrogens with one attached hydrogen (secondary N) is 1. The number of thiazole rings is 1. The minimum Gasteiger partial charge on any atom is -0.394 e. The third kappa shape index (κ3) is 2.93. The molecule has 1 aromatic carbocycles. The molecule has 8 heteroatoms. The van der Waals surface area contributed by atoms with Gasteiger partial charge < -0.3 is 25.4 Å². The van der Waals surface area contributed by atoms with Crippen LogP contribution in [0.4, 0.5) is 5.13 Å². The zero-order valence-electron chi connectivity index (χ0n) is 14.1. The summed E-state index contributed by atoms with van der Waals surface area (Å²) in [7, 11) is 0. The average molecular weight is 376 g/mol. The Morgan fingerprint density at radius 1 is 1.35 bits per heavy atom. The number of anilines is 1. The number of ether oxygens (including phenoxy) is 1. The Bertz CT molecular complexity index is 823. The van der Waals surface area contributed by atoms with Crippen LogP contribution in [0.1, 0.15) is 27.2 Å². The molecule has 4 rings (SSSR count). The molecule has 5 atom stereocenters. The Morgan fingerprint density at radius 3 is 2.77 bits per heavy atom. The largest absolute Gasteiger partial charge is 0.394 e. The Hall–Kier alpha value is -1.84. The fourth-order valence-electron chi connectivity index (χ4n) is 3.38. The summed E-state index contributed by atoms with van der Waals surface area (Å²) in [4.78, 5) is 17.3. The molecule has 2 heterocycles. The number of carbonyl (C=O) groups is 1. The quantitative estimate of drug-likeness (QED) is 0.574. The SMILES string of the molecule is Cc1ccc(C(=O)c2cnc(NC34CC3C(O)C(O)C(CO)O4)s2)cc1. The van der Waals surface area contributed by atoms with Gasteiger partial charge in [-0.1, -0.05) is 41.2 Å². The van der Waals surface area contributed by atoms with E-state index >= 15 is 0 Å². The van der Waals surface area contributed by atoms with Crippen LogP contribution in [0.15, 0.2) is 30.5 Å². The normalized spacial score (nSPS) is 32.8. The van der Waals surface area contributed by atoms with Gasteiger partial charge in [0.25, 0.3) is 0 Å². The Balaban J connectivity index is 1.49. The summed E-state index contributed by atoms with van der Waals surface area (Å²) in [5.74, 6) is -0.380. The molecule has 0 bridgehead atoms. The van der Waals surface area contributed by atoms with Gasteiger partial charge in [-0.15, -0.1) is 0 Å². The van der Waals surface area contributed by atoms with Gasteiger partial charge in [-0.2, -0.15) is 0 Å². The first-order chi connectivity index (χ1) is 12.4. The summed E-state index contributed by atoms with van der Waals surface area (Å²) in [5, 5.41) is 33.0. The van der Waals surface area contributed by atoms with Crippen molar-refractivity contribution in [2.75, 3.05) is 11.9 Å². The van der Waals surface area contributed by atoms with Gasteiger partial charge in [0.2, 0.25) is 5.78 Å². The van der Waals surface area contributed by atoms with Crippen molar-refractivity contribution in [1.82, 2.24) is 4.98 Å². The molecular formula is C18H20N2O5S. The zero-order chi connectivity index (χ0) is 18.5.